The number of hydrogen-bond acceptors (Lipinski definition) is 3. The molecule has 132 valence electrons. The zero-order valence-corrected chi connectivity index (χ0v) is 15.1. The van der Waals surface area contributed by atoms with Gasteiger partial charge in [-0.15, -0.1) is 11.3 Å². The molecule has 1 atom stereocenters. The average Bonchev–Trinajstić information content (AvgIpc) is 3.13. The minimum absolute atomic E-state index is 0.0126. The molecule has 3 rings (SSSR count). The first-order valence-electron chi connectivity index (χ1n) is 8.54. The molecule has 0 saturated carbocycles. The Hall–Kier alpha value is -2.34. The van der Waals surface area contributed by atoms with Crippen LogP contribution < -0.4 is 10.6 Å². The van der Waals surface area contributed by atoms with Gasteiger partial charge in [-0.2, -0.15) is 0 Å². The molecule has 1 aromatic heterocycles. The summed E-state index contributed by atoms with van der Waals surface area (Å²) in [4.78, 5) is 27.7. The number of carbonyl (C=O) groups is 2. The summed E-state index contributed by atoms with van der Waals surface area (Å²) >= 11 is 1.62. The van der Waals surface area contributed by atoms with Crippen LogP contribution in [0, 0.1) is 12.8 Å². The molecule has 6 heteroatoms. The first kappa shape index (κ1) is 17.5. The van der Waals surface area contributed by atoms with Crippen molar-refractivity contribution in [2.75, 3.05) is 18.4 Å². The van der Waals surface area contributed by atoms with Crippen molar-refractivity contribution in [3.63, 3.8) is 0 Å². The highest BCUT2D eigenvalue weighted by Crippen LogP contribution is 2.19. The molecule has 1 aromatic carbocycles. The molecule has 25 heavy (non-hydrogen) atoms. The van der Waals surface area contributed by atoms with E-state index in [1.165, 1.54) is 0 Å². The number of nitrogens with one attached hydrogen (secondary N) is 2. The Labute approximate surface area is 152 Å². The van der Waals surface area contributed by atoms with Crippen LogP contribution in [0.5, 0.6) is 0 Å². The van der Waals surface area contributed by atoms with Crippen LogP contribution in [0.25, 0.3) is 0 Å². The van der Waals surface area contributed by atoms with Crippen LogP contribution in [0.15, 0.2) is 41.8 Å². The molecule has 1 aliphatic rings. The SMILES string of the molecule is Cc1cccc(NC(=O)C2CCCN(C(=O)NCc3cccs3)C2)c1. The Morgan fingerprint density at radius 1 is 1.28 bits per heavy atom. The molecule has 0 aliphatic carbocycles. The lowest BCUT2D eigenvalue weighted by molar-refractivity contribution is -0.121. The number of thiophene rings is 1. The Morgan fingerprint density at radius 3 is 2.92 bits per heavy atom. The number of aryl methyl sites for hydroxylation is 1. The van der Waals surface area contributed by atoms with Crippen LogP contribution in [0.4, 0.5) is 10.5 Å². The topological polar surface area (TPSA) is 61.4 Å². The number of amides is 3. The summed E-state index contributed by atoms with van der Waals surface area (Å²) in [6.45, 7) is 3.70. The van der Waals surface area contributed by atoms with E-state index in [0.717, 1.165) is 29.0 Å². The van der Waals surface area contributed by atoms with Gasteiger partial charge in [0.1, 0.15) is 0 Å². The highest BCUT2D eigenvalue weighted by molar-refractivity contribution is 7.09. The fraction of sp³-hybridized carbons (Fsp3) is 0.368. The molecule has 0 radical (unpaired) electrons. The minimum Gasteiger partial charge on any atom is -0.333 e. The van der Waals surface area contributed by atoms with Crippen LogP contribution >= 0.6 is 11.3 Å². The number of rotatable bonds is 4. The summed E-state index contributed by atoms with van der Waals surface area (Å²) in [7, 11) is 0. The largest absolute Gasteiger partial charge is 0.333 e. The molecule has 0 spiro atoms. The second-order valence-electron chi connectivity index (χ2n) is 6.38. The van der Waals surface area contributed by atoms with Crippen molar-refractivity contribution in [3.05, 3.63) is 52.2 Å². The van der Waals surface area contributed by atoms with Gasteiger partial charge in [-0.3, -0.25) is 4.79 Å². The maximum absolute atomic E-state index is 12.5. The van der Waals surface area contributed by atoms with Crippen LogP contribution in [0.3, 0.4) is 0 Å². The highest BCUT2D eigenvalue weighted by Gasteiger charge is 2.28. The van der Waals surface area contributed by atoms with Crippen molar-refractivity contribution in [1.29, 1.82) is 0 Å². The first-order valence-corrected chi connectivity index (χ1v) is 9.42. The molecule has 1 aliphatic heterocycles. The third kappa shape index (κ3) is 4.82. The van der Waals surface area contributed by atoms with E-state index < -0.39 is 0 Å². The lowest BCUT2D eigenvalue weighted by atomic mass is 9.97. The average molecular weight is 357 g/mol. The lowest BCUT2D eigenvalue weighted by Crippen LogP contribution is -2.47. The van der Waals surface area contributed by atoms with Gasteiger partial charge in [0, 0.05) is 23.7 Å². The highest BCUT2D eigenvalue weighted by atomic mass is 32.1. The van der Waals surface area contributed by atoms with E-state index in [-0.39, 0.29) is 17.9 Å². The van der Waals surface area contributed by atoms with E-state index in [2.05, 4.69) is 10.6 Å². The zero-order chi connectivity index (χ0) is 17.6. The predicted octanol–water partition coefficient (Wildman–Crippen LogP) is 3.62. The molecule has 2 aromatic rings. The third-order valence-corrected chi connectivity index (χ3v) is 5.24. The van der Waals surface area contributed by atoms with Crippen molar-refractivity contribution in [1.82, 2.24) is 10.2 Å². The van der Waals surface area contributed by atoms with Gasteiger partial charge in [-0.05, 0) is 48.9 Å². The van der Waals surface area contributed by atoms with Gasteiger partial charge in [0.05, 0.1) is 12.5 Å². The van der Waals surface area contributed by atoms with E-state index in [4.69, 9.17) is 0 Å². The molecule has 1 saturated heterocycles. The Kier molecular flexibility index (Phi) is 5.71. The number of nitrogens with zero attached hydrogens (tertiary/aromatic N) is 1. The van der Waals surface area contributed by atoms with E-state index in [0.29, 0.717) is 19.6 Å². The van der Waals surface area contributed by atoms with E-state index in [1.54, 1.807) is 16.2 Å². The van der Waals surface area contributed by atoms with Crippen LogP contribution in [0.2, 0.25) is 0 Å². The number of anilines is 1. The summed E-state index contributed by atoms with van der Waals surface area (Å²) in [6.07, 6.45) is 1.66. The Morgan fingerprint density at radius 2 is 2.16 bits per heavy atom. The summed E-state index contributed by atoms with van der Waals surface area (Å²) in [5.74, 6) is -0.178. The van der Waals surface area contributed by atoms with E-state index in [1.807, 2.05) is 48.7 Å². The minimum atomic E-state index is -0.165. The fourth-order valence-corrected chi connectivity index (χ4v) is 3.68. The van der Waals surface area contributed by atoms with Gasteiger partial charge in [-0.25, -0.2) is 4.79 Å². The van der Waals surface area contributed by atoms with Crippen LogP contribution in [-0.2, 0) is 11.3 Å². The Balaban J connectivity index is 1.53. The van der Waals surface area contributed by atoms with Crippen molar-refractivity contribution in [3.8, 4) is 0 Å². The number of hydrogen-bond donors (Lipinski definition) is 2. The summed E-state index contributed by atoms with van der Waals surface area (Å²) in [6, 6.07) is 11.6. The van der Waals surface area contributed by atoms with E-state index >= 15 is 0 Å². The molecule has 0 bridgehead atoms. The smallest absolute Gasteiger partial charge is 0.317 e. The maximum Gasteiger partial charge on any atom is 0.317 e. The zero-order valence-electron chi connectivity index (χ0n) is 14.3. The molecule has 2 N–H and O–H groups in total. The van der Waals surface area contributed by atoms with Gasteiger partial charge < -0.3 is 15.5 Å². The normalized spacial score (nSPS) is 17.2. The second kappa shape index (κ2) is 8.16. The van der Waals surface area contributed by atoms with Gasteiger partial charge >= 0.3 is 6.03 Å². The summed E-state index contributed by atoms with van der Waals surface area (Å²) in [5, 5.41) is 7.90. The van der Waals surface area contributed by atoms with Crippen molar-refractivity contribution < 1.29 is 9.59 Å². The first-order chi connectivity index (χ1) is 12.1. The molecule has 1 fully saturated rings. The fourth-order valence-electron chi connectivity index (χ4n) is 3.03. The number of urea groups is 1. The molecule has 2 heterocycles. The quantitative estimate of drug-likeness (QED) is 0.878. The lowest BCUT2D eigenvalue weighted by Gasteiger charge is -2.32. The van der Waals surface area contributed by atoms with Gasteiger partial charge in [0.15, 0.2) is 0 Å². The number of carbonyl (C=O) groups excluding carboxylic acids is 2. The van der Waals surface area contributed by atoms with E-state index in [9.17, 15) is 9.59 Å². The molecule has 3 amide bonds. The van der Waals surface area contributed by atoms with Crippen molar-refractivity contribution in [2.24, 2.45) is 5.92 Å². The summed E-state index contributed by atoms with van der Waals surface area (Å²) < 4.78 is 0. The maximum atomic E-state index is 12.5. The standard InChI is InChI=1S/C19H23N3O2S/c1-14-5-2-7-16(11-14)21-18(23)15-6-3-9-22(13-15)19(24)20-12-17-8-4-10-25-17/h2,4-5,7-8,10-11,15H,3,6,9,12-13H2,1H3,(H,20,24)(H,21,23). The summed E-state index contributed by atoms with van der Waals surface area (Å²) in [5.41, 5.74) is 1.92. The number of likely N-dealkylation sites (tertiary alicyclic amines) is 1. The number of benzene rings is 1. The van der Waals surface area contributed by atoms with Gasteiger partial charge in [-0.1, -0.05) is 18.2 Å². The van der Waals surface area contributed by atoms with Crippen molar-refractivity contribution in [2.45, 2.75) is 26.3 Å². The molecule has 5 nitrogen and oxygen atoms in total. The molecular formula is C19H23N3O2S. The number of piperidine rings is 1. The second-order valence-corrected chi connectivity index (χ2v) is 7.41. The molecular weight excluding hydrogens is 334 g/mol. The van der Waals surface area contributed by atoms with Gasteiger partial charge in [0.2, 0.25) is 5.91 Å². The van der Waals surface area contributed by atoms with Crippen LogP contribution in [0.1, 0.15) is 23.3 Å². The molecule has 1 unspecified atom stereocenters. The third-order valence-electron chi connectivity index (χ3n) is 4.36. The van der Waals surface area contributed by atoms with Gasteiger partial charge in [0.25, 0.3) is 0 Å². The predicted molar refractivity (Wildman–Crippen MR) is 101 cm³/mol. The van der Waals surface area contributed by atoms with Crippen molar-refractivity contribution >= 4 is 29.0 Å². The Bertz CT molecular complexity index is 730. The van der Waals surface area contributed by atoms with Crippen LogP contribution in [-0.4, -0.2) is 29.9 Å². The monoisotopic (exact) mass is 357 g/mol.